The van der Waals surface area contributed by atoms with Gasteiger partial charge in [-0.25, -0.2) is 9.79 Å². The molecule has 0 aromatic rings. The monoisotopic (exact) mass is 283 g/mol. The van der Waals surface area contributed by atoms with E-state index in [-0.39, 0.29) is 0 Å². The zero-order valence-electron chi connectivity index (χ0n) is 12.5. The fraction of sp³-hybridized carbons (Fsp3) is 0.714. The van der Waals surface area contributed by atoms with Crippen LogP contribution >= 0.6 is 0 Å². The highest BCUT2D eigenvalue weighted by atomic mass is 16.2. The summed E-state index contributed by atoms with van der Waals surface area (Å²) in [6, 6.07) is -0.440. The Bertz CT molecular complexity index is 302. The van der Waals surface area contributed by atoms with Crippen molar-refractivity contribution < 1.29 is 4.79 Å². The van der Waals surface area contributed by atoms with Crippen LogP contribution in [0.15, 0.2) is 17.1 Å². The van der Waals surface area contributed by atoms with Gasteiger partial charge >= 0.3 is 6.03 Å². The van der Waals surface area contributed by atoms with E-state index in [4.69, 9.17) is 11.5 Å². The molecule has 0 saturated heterocycles. The van der Waals surface area contributed by atoms with E-state index in [9.17, 15) is 4.79 Å². The molecule has 0 atom stereocenters. The van der Waals surface area contributed by atoms with Gasteiger partial charge in [0, 0.05) is 13.1 Å². The van der Waals surface area contributed by atoms with E-state index in [1.807, 2.05) is 19.1 Å². The van der Waals surface area contributed by atoms with Gasteiger partial charge in [0.2, 0.25) is 0 Å². The highest BCUT2D eigenvalue weighted by Gasteiger charge is 1.94. The first-order chi connectivity index (χ1) is 9.66. The lowest BCUT2D eigenvalue weighted by molar-refractivity contribution is 0.248. The summed E-state index contributed by atoms with van der Waals surface area (Å²) >= 11 is 0. The van der Waals surface area contributed by atoms with Crippen LogP contribution in [-0.4, -0.2) is 31.6 Å². The van der Waals surface area contributed by atoms with Gasteiger partial charge in [-0.15, -0.1) is 0 Å². The molecule has 0 rings (SSSR count). The first-order valence-corrected chi connectivity index (χ1v) is 7.35. The van der Waals surface area contributed by atoms with Crippen molar-refractivity contribution in [2.75, 3.05) is 19.6 Å². The first kappa shape index (κ1) is 18.3. The highest BCUT2D eigenvalue weighted by Crippen LogP contribution is 2.04. The number of rotatable bonds is 11. The van der Waals surface area contributed by atoms with Crippen LogP contribution in [0.5, 0.6) is 0 Å². The number of carbonyl (C=O) groups excluding carboxylic acids is 1. The fourth-order valence-corrected chi connectivity index (χ4v) is 1.70. The van der Waals surface area contributed by atoms with E-state index in [1.165, 1.54) is 19.3 Å². The molecule has 0 bridgehead atoms. The largest absolute Gasteiger partial charge is 0.370 e. The summed E-state index contributed by atoms with van der Waals surface area (Å²) in [5.74, 6) is 0.514. The van der Waals surface area contributed by atoms with Crippen LogP contribution in [0, 0.1) is 0 Å². The molecule has 0 aliphatic heterocycles. The summed E-state index contributed by atoms with van der Waals surface area (Å²) in [6.45, 7) is 4.14. The van der Waals surface area contributed by atoms with Gasteiger partial charge in [-0.05, 0) is 19.8 Å². The molecule has 20 heavy (non-hydrogen) atoms. The Morgan fingerprint density at radius 2 is 1.55 bits per heavy atom. The number of hydrogen-bond donors (Lipinski definition) is 4. The van der Waals surface area contributed by atoms with Crippen LogP contribution < -0.4 is 22.1 Å². The summed E-state index contributed by atoms with van der Waals surface area (Å²) in [5, 5.41) is 5.68. The molecule has 116 valence electrons. The third-order valence-corrected chi connectivity index (χ3v) is 2.81. The molecule has 0 saturated carbocycles. The van der Waals surface area contributed by atoms with Crippen molar-refractivity contribution in [3.8, 4) is 0 Å². The quantitative estimate of drug-likeness (QED) is 0.200. The van der Waals surface area contributed by atoms with Gasteiger partial charge in [0.15, 0.2) is 5.96 Å². The molecule has 0 spiro atoms. The minimum Gasteiger partial charge on any atom is -0.370 e. The third kappa shape index (κ3) is 14.3. The van der Waals surface area contributed by atoms with Gasteiger partial charge in [-0.1, -0.05) is 37.8 Å². The lowest BCUT2D eigenvalue weighted by atomic mass is 10.1. The summed E-state index contributed by atoms with van der Waals surface area (Å²) in [5.41, 5.74) is 10.7. The maximum absolute atomic E-state index is 10.4. The predicted molar refractivity (Wildman–Crippen MR) is 84.6 cm³/mol. The lowest BCUT2D eigenvalue weighted by Crippen LogP contribution is -2.32. The van der Waals surface area contributed by atoms with Crippen molar-refractivity contribution in [2.24, 2.45) is 16.5 Å². The van der Waals surface area contributed by atoms with Crippen molar-refractivity contribution in [1.82, 2.24) is 10.6 Å². The molecule has 0 unspecified atom stereocenters. The SMILES string of the molecule is C/C=C/CN=C(N)NCCCCCCCCNC(N)=O. The number of nitrogens with two attached hydrogens (primary N) is 2. The molecule has 0 aliphatic rings. The van der Waals surface area contributed by atoms with Crippen molar-refractivity contribution in [3.05, 3.63) is 12.2 Å². The van der Waals surface area contributed by atoms with Gasteiger partial charge in [-0.3, -0.25) is 0 Å². The van der Waals surface area contributed by atoms with E-state index in [1.54, 1.807) is 0 Å². The molecule has 0 aliphatic carbocycles. The topological polar surface area (TPSA) is 106 Å². The van der Waals surface area contributed by atoms with Crippen LogP contribution in [-0.2, 0) is 0 Å². The number of amides is 2. The molecule has 6 heteroatoms. The lowest BCUT2D eigenvalue weighted by Gasteiger charge is -2.05. The zero-order valence-corrected chi connectivity index (χ0v) is 12.5. The second-order valence-electron chi connectivity index (χ2n) is 4.63. The molecule has 0 heterocycles. The number of carbonyl (C=O) groups is 1. The molecular weight excluding hydrogens is 254 g/mol. The van der Waals surface area contributed by atoms with Gasteiger partial charge in [0.05, 0.1) is 6.54 Å². The zero-order chi connectivity index (χ0) is 15.1. The van der Waals surface area contributed by atoms with E-state index < -0.39 is 6.03 Å². The number of hydrogen-bond acceptors (Lipinski definition) is 2. The number of allylic oxidation sites excluding steroid dienone is 1. The highest BCUT2D eigenvalue weighted by molar-refractivity contribution is 5.77. The molecule has 0 aromatic carbocycles. The minimum atomic E-state index is -0.440. The van der Waals surface area contributed by atoms with E-state index >= 15 is 0 Å². The molecule has 2 amide bonds. The average Bonchev–Trinajstić information content (AvgIpc) is 2.41. The minimum absolute atomic E-state index is 0.440. The van der Waals surface area contributed by atoms with Crippen molar-refractivity contribution in [2.45, 2.75) is 45.4 Å². The maximum atomic E-state index is 10.4. The van der Waals surface area contributed by atoms with Crippen LogP contribution in [0.1, 0.15) is 45.4 Å². The summed E-state index contributed by atoms with van der Waals surface area (Å²) in [7, 11) is 0. The van der Waals surface area contributed by atoms with Gasteiger partial charge < -0.3 is 22.1 Å². The van der Waals surface area contributed by atoms with Crippen LogP contribution in [0.25, 0.3) is 0 Å². The Hall–Kier alpha value is -1.72. The van der Waals surface area contributed by atoms with E-state index in [0.717, 1.165) is 25.8 Å². The predicted octanol–water partition coefficient (Wildman–Crippen LogP) is 1.48. The number of urea groups is 1. The first-order valence-electron chi connectivity index (χ1n) is 7.35. The molecule has 0 fully saturated rings. The number of guanidine groups is 1. The van der Waals surface area contributed by atoms with Crippen molar-refractivity contribution in [3.63, 3.8) is 0 Å². The maximum Gasteiger partial charge on any atom is 0.312 e. The summed E-state index contributed by atoms with van der Waals surface area (Å²) in [4.78, 5) is 14.6. The molecular formula is C14H29N5O. The van der Waals surface area contributed by atoms with E-state index in [2.05, 4.69) is 15.6 Å². The number of primary amides is 1. The van der Waals surface area contributed by atoms with Gasteiger partial charge in [0.1, 0.15) is 0 Å². The number of unbranched alkanes of at least 4 members (excludes halogenated alkanes) is 5. The van der Waals surface area contributed by atoms with Crippen LogP contribution in [0.3, 0.4) is 0 Å². The Morgan fingerprint density at radius 3 is 2.10 bits per heavy atom. The Kier molecular flexibility index (Phi) is 12.5. The smallest absolute Gasteiger partial charge is 0.312 e. The van der Waals surface area contributed by atoms with Crippen molar-refractivity contribution >= 4 is 12.0 Å². The van der Waals surface area contributed by atoms with Gasteiger partial charge in [-0.2, -0.15) is 0 Å². The average molecular weight is 283 g/mol. The second kappa shape index (κ2) is 13.7. The summed E-state index contributed by atoms with van der Waals surface area (Å²) in [6.07, 6.45) is 10.7. The van der Waals surface area contributed by atoms with Crippen LogP contribution in [0.4, 0.5) is 4.79 Å². The molecule has 0 radical (unpaired) electrons. The van der Waals surface area contributed by atoms with Crippen molar-refractivity contribution in [1.29, 1.82) is 0 Å². The Morgan fingerprint density at radius 1 is 1.00 bits per heavy atom. The standard InChI is InChI=1S/C14H29N5O/c1-2-3-10-17-13(15)18-11-8-6-4-5-7-9-12-19-14(16)20/h2-3H,4-12H2,1H3,(H3,15,17,18)(H3,16,19,20)/b3-2+. The molecule has 6 N–H and O–H groups in total. The normalized spacial score (nSPS) is 11.8. The van der Waals surface area contributed by atoms with Gasteiger partial charge in [0.25, 0.3) is 0 Å². The number of aliphatic imine (C=N–C) groups is 1. The fourth-order valence-electron chi connectivity index (χ4n) is 1.70. The third-order valence-electron chi connectivity index (χ3n) is 2.81. The van der Waals surface area contributed by atoms with E-state index in [0.29, 0.717) is 19.0 Å². The Balaban J connectivity index is 3.24. The molecule has 0 aromatic heterocycles. The number of nitrogens with one attached hydrogen (secondary N) is 2. The number of nitrogens with zero attached hydrogens (tertiary/aromatic N) is 1. The van der Waals surface area contributed by atoms with Crippen LogP contribution in [0.2, 0.25) is 0 Å². The second-order valence-corrected chi connectivity index (χ2v) is 4.63. The Labute approximate surface area is 122 Å². The summed E-state index contributed by atoms with van der Waals surface area (Å²) < 4.78 is 0. The molecule has 6 nitrogen and oxygen atoms in total.